The van der Waals surface area contributed by atoms with Crippen molar-refractivity contribution in [1.29, 1.82) is 0 Å². The molecule has 0 aliphatic carbocycles. The van der Waals surface area contributed by atoms with E-state index in [1.165, 1.54) is 18.2 Å². The zero-order valence-electron chi connectivity index (χ0n) is 11.1. The molecule has 0 aliphatic heterocycles. The van der Waals surface area contributed by atoms with E-state index in [-0.39, 0.29) is 12.1 Å². The number of carbonyl (C=O) groups excluding carboxylic acids is 1. The second-order valence-electron chi connectivity index (χ2n) is 4.49. The fourth-order valence-electron chi connectivity index (χ4n) is 1.86. The summed E-state index contributed by atoms with van der Waals surface area (Å²) in [5.41, 5.74) is -0.783. The summed E-state index contributed by atoms with van der Waals surface area (Å²) >= 11 is 0. The van der Waals surface area contributed by atoms with Gasteiger partial charge in [-0.2, -0.15) is 0 Å². The van der Waals surface area contributed by atoms with Crippen molar-refractivity contribution in [2.75, 3.05) is 6.54 Å². The van der Waals surface area contributed by atoms with Gasteiger partial charge in [-0.1, -0.05) is 19.9 Å². The molecule has 0 fully saturated rings. The number of amides is 1. The number of rotatable bonds is 6. The molecule has 0 aromatic heterocycles. The maximum Gasteiger partial charge on any atom is 0.311 e. The highest BCUT2D eigenvalue weighted by atomic mass is 19.1. The lowest BCUT2D eigenvalue weighted by atomic mass is 9.82. The number of hydrogen-bond acceptors (Lipinski definition) is 2. The normalized spacial score (nSPS) is 11.1. The van der Waals surface area contributed by atoms with E-state index in [0.29, 0.717) is 12.8 Å². The monoisotopic (exact) mass is 267 g/mol. The number of halogens is 1. The van der Waals surface area contributed by atoms with Crippen LogP contribution in [-0.4, -0.2) is 23.5 Å². The molecule has 1 rings (SSSR count). The van der Waals surface area contributed by atoms with Gasteiger partial charge in [-0.15, -0.1) is 0 Å². The first-order valence-corrected chi connectivity index (χ1v) is 6.22. The molecule has 5 heteroatoms. The molecular formula is C14H18FNO3. The van der Waals surface area contributed by atoms with Gasteiger partial charge in [-0.3, -0.25) is 9.59 Å². The van der Waals surface area contributed by atoms with Crippen molar-refractivity contribution >= 4 is 11.9 Å². The Morgan fingerprint density at radius 1 is 1.32 bits per heavy atom. The van der Waals surface area contributed by atoms with E-state index in [4.69, 9.17) is 0 Å². The molecule has 1 aromatic carbocycles. The Bertz CT molecular complexity index is 470. The average Bonchev–Trinajstić information content (AvgIpc) is 2.40. The standard InChI is InChI=1S/C14H18FNO3/c1-3-14(4-2,13(18)19)9-16-12(17)10-6-5-7-11(15)8-10/h5-8H,3-4,9H2,1-2H3,(H,16,17)(H,18,19). The van der Waals surface area contributed by atoms with Crippen LogP contribution in [0, 0.1) is 11.2 Å². The summed E-state index contributed by atoms with van der Waals surface area (Å²) in [6.07, 6.45) is 0.838. The number of hydrogen-bond donors (Lipinski definition) is 2. The van der Waals surface area contributed by atoms with E-state index < -0.39 is 23.1 Å². The number of nitrogens with one attached hydrogen (secondary N) is 1. The third kappa shape index (κ3) is 3.53. The minimum atomic E-state index is -0.969. The van der Waals surface area contributed by atoms with Gasteiger partial charge in [0.15, 0.2) is 0 Å². The van der Waals surface area contributed by atoms with Crippen LogP contribution in [0.4, 0.5) is 4.39 Å². The zero-order chi connectivity index (χ0) is 14.5. The van der Waals surface area contributed by atoms with Crippen LogP contribution in [-0.2, 0) is 4.79 Å². The van der Waals surface area contributed by atoms with Gasteiger partial charge in [-0.05, 0) is 31.0 Å². The van der Waals surface area contributed by atoms with Crippen molar-refractivity contribution in [2.45, 2.75) is 26.7 Å². The van der Waals surface area contributed by atoms with Gasteiger partial charge >= 0.3 is 5.97 Å². The Morgan fingerprint density at radius 2 is 1.95 bits per heavy atom. The minimum Gasteiger partial charge on any atom is -0.481 e. The molecule has 4 nitrogen and oxygen atoms in total. The lowest BCUT2D eigenvalue weighted by molar-refractivity contribution is -0.149. The van der Waals surface area contributed by atoms with Crippen molar-refractivity contribution in [3.8, 4) is 0 Å². The quantitative estimate of drug-likeness (QED) is 0.832. The summed E-state index contributed by atoms with van der Waals surface area (Å²) in [6.45, 7) is 3.57. The first-order chi connectivity index (χ1) is 8.95. The first kappa shape index (κ1) is 15.1. The molecule has 0 saturated carbocycles. The molecule has 1 aromatic rings. The SMILES string of the molecule is CCC(CC)(CNC(=O)c1cccc(F)c1)C(=O)O. The molecule has 0 unspecified atom stereocenters. The van der Waals surface area contributed by atoms with Crippen LogP contribution < -0.4 is 5.32 Å². The van der Waals surface area contributed by atoms with Crippen molar-refractivity contribution in [1.82, 2.24) is 5.32 Å². The van der Waals surface area contributed by atoms with Crippen molar-refractivity contribution in [3.05, 3.63) is 35.6 Å². The van der Waals surface area contributed by atoms with E-state index in [0.717, 1.165) is 6.07 Å². The van der Waals surface area contributed by atoms with Crippen molar-refractivity contribution in [2.24, 2.45) is 5.41 Å². The van der Waals surface area contributed by atoms with E-state index in [9.17, 15) is 19.1 Å². The van der Waals surface area contributed by atoms with Crippen molar-refractivity contribution < 1.29 is 19.1 Å². The average molecular weight is 267 g/mol. The largest absolute Gasteiger partial charge is 0.481 e. The number of benzene rings is 1. The number of carboxylic acid groups (broad SMARTS) is 1. The van der Waals surface area contributed by atoms with Gasteiger partial charge in [0, 0.05) is 12.1 Å². The van der Waals surface area contributed by atoms with Gasteiger partial charge in [0.1, 0.15) is 5.82 Å². The molecule has 0 spiro atoms. The Morgan fingerprint density at radius 3 is 2.42 bits per heavy atom. The molecule has 19 heavy (non-hydrogen) atoms. The molecule has 0 saturated heterocycles. The van der Waals surface area contributed by atoms with Crippen LogP contribution in [0.25, 0.3) is 0 Å². The number of carbonyl (C=O) groups is 2. The van der Waals surface area contributed by atoms with Crippen molar-refractivity contribution in [3.63, 3.8) is 0 Å². The van der Waals surface area contributed by atoms with Gasteiger partial charge in [0.2, 0.25) is 0 Å². The van der Waals surface area contributed by atoms with E-state index in [1.54, 1.807) is 13.8 Å². The van der Waals surface area contributed by atoms with Crippen LogP contribution in [0.3, 0.4) is 0 Å². The lowest BCUT2D eigenvalue weighted by Crippen LogP contribution is -2.42. The molecule has 0 atom stereocenters. The van der Waals surface area contributed by atoms with Gasteiger partial charge in [-0.25, -0.2) is 4.39 Å². The minimum absolute atomic E-state index is 0.0324. The van der Waals surface area contributed by atoms with E-state index >= 15 is 0 Å². The molecule has 0 bridgehead atoms. The highest BCUT2D eigenvalue weighted by Gasteiger charge is 2.35. The number of carboxylic acids is 1. The van der Waals surface area contributed by atoms with Gasteiger partial charge < -0.3 is 10.4 Å². The molecule has 2 N–H and O–H groups in total. The third-order valence-corrected chi connectivity index (χ3v) is 3.48. The lowest BCUT2D eigenvalue weighted by Gasteiger charge is -2.26. The molecule has 0 radical (unpaired) electrons. The Labute approximate surface area is 111 Å². The highest BCUT2D eigenvalue weighted by Crippen LogP contribution is 2.25. The fourth-order valence-corrected chi connectivity index (χ4v) is 1.86. The fraction of sp³-hybridized carbons (Fsp3) is 0.429. The highest BCUT2D eigenvalue weighted by molar-refractivity contribution is 5.94. The van der Waals surface area contributed by atoms with Crippen LogP contribution >= 0.6 is 0 Å². The zero-order valence-corrected chi connectivity index (χ0v) is 11.1. The van der Waals surface area contributed by atoms with E-state index in [2.05, 4.69) is 5.32 Å². The Hall–Kier alpha value is -1.91. The van der Waals surface area contributed by atoms with Gasteiger partial charge in [0.25, 0.3) is 5.91 Å². The third-order valence-electron chi connectivity index (χ3n) is 3.48. The van der Waals surface area contributed by atoms with Gasteiger partial charge in [0.05, 0.1) is 5.41 Å². The summed E-state index contributed by atoms with van der Waals surface area (Å²) in [5, 5.41) is 11.8. The molecule has 0 heterocycles. The van der Waals surface area contributed by atoms with Crippen LogP contribution in [0.1, 0.15) is 37.0 Å². The molecule has 0 aliphatic rings. The second-order valence-corrected chi connectivity index (χ2v) is 4.49. The van der Waals surface area contributed by atoms with Crippen LogP contribution in [0.2, 0.25) is 0 Å². The van der Waals surface area contributed by atoms with Crippen LogP contribution in [0.15, 0.2) is 24.3 Å². The maximum absolute atomic E-state index is 13.0. The molecular weight excluding hydrogens is 249 g/mol. The predicted octanol–water partition coefficient (Wildman–Crippen LogP) is 2.45. The van der Waals surface area contributed by atoms with Crippen LogP contribution in [0.5, 0.6) is 0 Å². The van der Waals surface area contributed by atoms with E-state index in [1.807, 2.05) is 0 Å². The smallest absolute Gasteiger partial charge is 0.311 e. The second kappa shape index (κ2) is 6.31. The summed E-state index contributed by atoms with van der Waals surface area (Å²) in [4.78, 5) is 23.1. The maximum atomic E-state index is 13.0. The molecule has 1 amide bonds. The Balaban J connectivity index is 2.75. The Kier molecular flexibility index (Phi) is 5.03. The number of aliphatic carboxylic acids is 1. The summed E-state index contributed by atoms with van der Waals surface area (Å²) in [6, 6.07) is 5.29. The molecule has 104 valence electrons. The predicted molar refractivity (Wildman–Crippen MR) is 69.4 cm³/mol. The topological polar surface area (TPSA) is 66.4 Å². The summed E-state index contributed by atoms with van der Waals surface area (Å²) in [7, 11) is 0. The summed E-state index contributed by atoms with van der Waals surface area (Å²) < 4.78 is 13.0. The first-order valence-electron chi connectivity index (χ1n) is 6.22. The summed E-state index contributed by atoms with van der Waals surface area (Å²) in [5.74, 6) is -1.90.